The summed E-state index contributed by atoms with van der Waals surface area (Å²) in [7, 11) is 0. The van der Waals surface area contributed by atoms with Crippen LogP contribution in [-0.2, 0) is 12.1 Å². The lowest BCUT2D eigenvalue weighted by atomic mass is 9.80. The lowest BCUT2D eigenvalue weighted by molar-refractivity contribution is -0.0379. The molecule has 12 heteroatoms. The normalized spacial score (nSPS) is 14.2. The van der Waals surface area contributed by atoms with Crippen molar-refractivity contribution in [3.63, 3.8) is 0 Å². The summed E-state index contributed by atoms with van der Waals surface area (Å²) in [6.45, 7) is 1.66. The highest BCUT2D eigenvalue weighted by atomic mass is 19.1. The second-order valence-corrected chi connectivity index (χ2v) is 8.08. The number of tetrazole rings is 1. The molecule has 3 N–H and O–H groups in total. The van der Waals surface area contributed by atoms with E-state index >= 15 is 0 Å². The topological polar surface area (TPSA) is 138 Å². The zero-order valence-corrected chi connectivity index (χ0v) is 18.7. The summed E-state index contributed by atoms with van der Waals surface area (Å²) in [6, 6.07) is 8.09. The molecule has 0 unspecified atom stereocenters. The van der Waals surface area contributed by atoms with E-state index in [-0.39, 0.29) is 17.7 Å². The number of hydrogen-bond acceptors (Lipinski definition) is 7. The zero-order chi connectivity index (χ0) is 25.0. The molecule has 0 aliphatic heterocycles. The number of halogens is 2. The van der Waals surface area contributed by atoms with Gasteiger partial charge in [0.25, 0.3) is 5.91 Å². The Balaban J connectivity index is 1.59. The summed E-state index contributed by atoms with van der Waals surface area (Å²) in [6.07, 6.45) is 7.93. The highest BCUT2D eigenvalue weighted by Crippen LogP contribution is 2.36. The Morgan fingerprint density at radius 2 is 2.06 bits per heavy atom. The fourth-order valence-electron chi connectivity index (χ4n) is 3.84. The van der Waals surface area contributed by atoms with Gasteiger partial charge in [0.1, 0.15) is 36.2 Å². The average Bonchev–Trinajstić information content (AvgIpc) is 3.53. The molecule has 2 aromatic carbocycles. The monoisotopic (exact) mass is 480 g/mol. The van der Waals surface area contributed by atoms with Gasteiger partial charge in [-0.15, -0.1) is 5.10 Å². The Morgan fingerprint density at radius 1 is 1.23 bits per heavy atom. The van der Waals surface area contributed by atoms with Crippen LogP contribution in [0.4, 0.5) is 8.78 Å². The first-order chi connectivity index (χ1) is 16.8. The first-order valence-corrected chi connectivity index (χ1v) is 10.6. The summed E-state index contributed by atoms with van der Waals surface area (Å²) in [5, 5.41) is 26.5. The number of benzene rings is 2. The Labute approximate surface area is 198 Å². The largest absolute Gasteiger partial charge is 0.383 e. The van der Waals surface area contributed by atoms with Crippen molar-refractivity contribution in [2.24, 2.45) is 11.7 Å². The molecule has 0 saturated carbocycles. The summed E-state index contributed by atoms with van der Waals surface area (Å²) >= 11 is 0. The number of rotatable bonds is 9. The molecule has 4 rings (SSSR count). The molecule has 2 atom stereocenters. The summed E-state index contributed by atoms with van der Waals surface area (Å²) < 4.78 is 30.9. The molecular weight excluding hydrogens is 458 g/mol. The SMILES string of the molecule is C[C@@H](C/C=C/c1ccc(-n2cnnn2)c(C(N)=O)c1)[C@](O)(Cn1cncn1)c1ccc(F)cc1F. The van der Waals surface area contributed by atoms with E-state index in [2.05, 4.69) is 25.6 Å². The number of carbonyl (C=O) groups is 1. The molecule has 0 bridgehead atoms. The maximum atomic E-state index is 14.7. The van der Waals surface area contributed by atoms with Crippen LogP contribution in [0.1, 0.15) is 34.8 Å². The van der Waals surface area contributed by atoms with Gasteiger partial charge < -0.3 is 10.8 Å². The van der Waals surface area contributed by atoms with E-state index in [4.69, 9.17) is 5.73 Å². The first-order valence-electron chi connectivity index (χ1n) is 10.6. The maximum absolute atomic E-state index is 14.7. The number of allylic oxidation sites excluding steroid dienone is 1. The van der Waals surface area contributed by atoms with Crippen molar-refractivity contribution >= 4 is 12.0 Å². The zero-order valence-electron chi connectivity index (χ0n) is 18.7. The fourth-order valence-corrected chi connectivity index (χ4v) is 3.84. The Morgan fingerprint density at radius 3 is 2.71 bits per heavy atom. The van der Waals surface area contributed by atoms with Crippen molar-refractivity contribution in [3.8, 4) is 5.69 Å². The lowest BCUT2D eigenvalue weighted by Gasteiger charge is -2.34. The van der Waals surface area contributed by atoms with Crippen molar-refractivity contribution < 1.29 is 18.7 Å². The number of carbonyl (C=O) groups excluding carboxylic acids is 1. The molecule has 4 aromatic rings. The minimum Gasteiger partial charge on any atom is -0.383 e. The van der Waals surface area contributed by atoms with Crippen LogP contribution in [-0.4, -0.2) is 46.0 Å². The van der Waals surface area contributed by atoms with Gasteiger partial charge in [-0.3, -0.25) is 4.79 Å². The van der Waals surface area contributed by atoms with Gasteiger partial charge in [0, 0.05) is 11.6 Å². The molecule has 0 fully saturated rings. The summed E-state index contributed by atoms with van der Waals surface area (Å²) in [5.74, 6) is -2.75. The molecule has 1 amide bonds. The predicted octanol–water partition coefficient (Wildman–Crippen LogP) is 2.26. The number of amides is 1. The van der Waals surface area contributed by atoms with Gasteiger partial charge in [0.2, 0.25) is 0 Å². The van der Waals surface area contributed by atoms with Gasteiger partial charge in [0.05, 0.1) is 17.8 Å². The molecular formula is C23H22F2N8O2. The molecule has 0 saturated heterocycles. The third-order valence-corrected chi connectivity index (χ3v) is 5.76. The minimum atomic E-state index is -1.71. The quantitative estimate of drug-likeness (QED) is 0.375. The predicted molar refractivity (Wildman–Crippen MR) is 121 cm³/mol. The second-order valence-electron chi connectivity index (χ2n) is 8.08. The number of hydrogen-bond donors (Lipinski definition) is 2. The molecule has 0 radical (unpaired) electrons. The Bertz CT molecular complexity index is 1340. The number of aliphatic hydroxyl groups is 1. The van der Waals surface area contributed by atoms with Crippen molar-refractivity contribution in [2.45, 2.75) is 25.5 Å². The highest BCUT2D eigenvalue weighted by molar-refractivity contribution is 5.97. The number of nitrogens with zero attached hydrogens (tertiary/aromatic N) is 7. The van der Waals surface area contributed by atoms with Crippen LogP contribution in [0.15, 0.2) is 61.5 Å². The van der Waals surface area contributed by atoms with Crippen LogP contribution in [0.3, 0.4) is 0 Å². The van der Waals surface area contributed by atoms with E-state index in [1.165, 1.54) is 34.4 Å². The minimum absolute atomic E-state index is 0.0443. The summed E-state index contributed by atoms with van der Waals surface area (Å²) in [5.41, 5.74) is 5.10. The fraction of sp³-hybridized carbons (Fsp3) is 0.217. The van der Waals surface area contributed by atoms with Gasteiger partial charge >= 0.3 is 0 Å². The average molecular weight is 480 g/mol. The molecule has 2 heterocycles. The molecule has 0 aliphatic carbocycles. The smallest absolute Gasteiger partial charge is 0.250 e. The molecule has 180 valence electrons. The van der Waals surface area contributed by atoms with Gasteiger partial charge in [-0.25, -0.2) is 18.4 Å². The number of primary amides is 1. The number of nitrogens with two attached hydrogens (primary N) is 1. The van der Waals surface area contributed by atoms with E-state index in [1.807, 2.05) is 0 Å². The van der Waals surface area contributed by atoms with Crippen molar-refractivity contribution in [2.75, 3.05) is 0 Å². The van der Waals surface area contributed by atoms with Crippen LogP contribution in [0.5, 0.6) is 0 Å². The first kappa shape index (κ1) is 23.8. The van der Waals surface area contributed by atoms with Gasteiger partial charge in [-0.05, 0) is 46.5 Å². The van der Waals surface area contributed by atoms with Crippen molar-refractivity contribution in [1.82, 2.24) is 35.0 Å². The molecule has 0 spiro atoms. The van der Waals surface area contributed by atoms with Crippen molar-refractivity contribution in [3.05, 3.63) is 89.8 Å². The van der Waals surface area contributed by atoms with E-state index < -0.39 is 29.1 Å². The van der Waals surface area contributed by atoms with E-state index in [9.17, 15) is 18.7 Å². The Kier molecular flexibility index (Phi) is 6.73. The van der Waals surface area contributed by atoms with Crippen LogP contribution >= 0.6 is 0 Å². The second kappa shape index (κ2) is 9.89. The Hall–Kier alpha value is -4.32. The van der Waals surface area contributed by atoms with E-state index in [0.717, 1.165) is 12.1 Å². The van der Waals surface area contributed by atoms with Crippen molar-refractivity contribution in [1.29, 1.82) is 0 Å². The van der Waals surface area contributed by atoms with Gasteiger partial charge in [-0.2, -0.15) is 9.78 Å². The van der Waals surface area contributed by atoms with Crippen LogP contribution in [0, 0.1) is 17.6 Å². The highest BCUT2D eigenvalue weighted by Gasteiger charge is 2.38. The maximum Gasteiger partial charge on any atom is 0.250 e. The van der Waals surface area contributed by atoms with Crippen LogP contribution in [0.2, 0.25) is 0 Å². The molecule has 35 heavy (non-hydrogen) atoms. The van der Waals surface area contributed by atoms with E-state index in [0.29, 0.717) is 17.7 Å². The van der Waals surface area contributed by atoms with Gasteiger partial charge in [0.15, 0.2) is 0 Å². The summed E-state index contributed by atoms with van der Waals surface area (Å²) in [4.78, 5) is 15.8. The molecule has 2 aromatic heterocycles. The number of aromatic nitrogens is 7. The third kappa shape index (κ3) is 5.11. The van der Waals surface area contributed by atoms with E-state index in [1.54, 1.807) is 37.3 Å². The third-order valence-electron chi connectivity index (χ3n) is 5.76. The standard InChI is InChI=1S/C23H22F2N8O2/c1-15(23(35,11-32-13-27-12-29-32)19-7-6-17(24)10-20(19)25)3-2-4-16-5-8-21(18(9-16)22(26)34)33-14-28-30-31-33/h2,4-10,12-15,35H,3,11H2,1H3,(H2,26,34)/b4-2+/t15-,23+/m0/s1. The molecule has 10 nitrogen and oxygen atoms in total. The molecule has 0 aliphatic rings. The lowest BCUT2D eigenvalue weighted by Crippen LogP contribution is -2.39. The van der Waals surface area contributed by atoms with Gasteiger partial charge in [-0.1, -0.05) is 31.2 Å². The van der Waals surface area contributed by atoms with Crippen LogP contribution in [0.25, 0.3) is 11.8 Å². The van der Waals surface area contributed by atoms with Crippen LogP contribution < -0.4 is 5.73 Å².